The van der Waals surface area contributed by atoms with E-state index in [1.165, 1.54) is 0 Å². The predicted octanol–water partition coefficient (Wildman–Crippen LogP) is 3.59. The molecule has 1 aromatic rings. The number of amides is 2. The van der Waals surface area contributed by atoms with Gasteiger partial charge in [0.1, 0.15) is 19.4 Å². The lowest BCUT2D eigenvalue weighted by atomic mass is 9.94. The molecule has 0 aromatic heterocycles. The second kappa shape index (κ2) is 7.10. The van der Waals surface area contributed by atoms with Crippen LogP contribution < -0.4 is 14.8 Å². The zero-order valence-electron chi connectivity index (χ0n) is 14.4. The lowest BCUT2D eigenvalue weighted by Gasteiger charge is -2.31. The first-order valence-electron chi connectivity index (χ1n) is 9.33. The largest absolute Gasteiger partial charge is 0.486 e. The number of carbonyl (C=O) groups is 1. The van der Waals surface area contributed by atoms with Crippen LogP contribution in [0.1, 0.15) is 50.1 Å². The van der Waals surface area contributed by atoms with Crippen molar-refractivity contribution >= 4 is 6.03 Å². The van der Waals surface area contributed by atoms with E-state index in [0.717, 1.165) is 49.2 Å². The molecule has 2 amide bonds. The Morgan fingerprint density at radius 3 is 2.72 bits per heavy atom. The summed E-state index contributed by atoms with van der Waals surface area (Å²) in [6.07, 6.45) is 4.13. The van der Waals surface area contributed by atoms with Crippen molar-refractivity contribution in [1.29, 1.82) is 0 Å². The average Bonchev–Trinajstić information content (AvgIpc) is 3.13. The fourth-order valence-electron chi connectivity index (χ4n) is 4.11. The Kier molecular flexibility index (Phi) is 4.68. The first kappa shape index (κ1) is 16.5. The van der Waals surface area contributed by atoms with Crippen molar-refractivity contribution in [3.05, 3.63) is 23.8 Å². The summed E-state index contributed by atoms with van der Waals surface area (Å²) in [4.78, 5) is 14.6. The van der Waals surface area contributed by atoms with Crippen LogP contribution in [-0.2, 0) is 0 Å². The van der Waals surface area contributed by atoms with E-state index in [1.54, 1.807) is 0 Å². The van der Waals surface area contributed by atoms with E-state index in [9.17, 15) is 9.18 Å². The van der Waals surface area contributed by atoms with E-state index in [2.05, 4.69) is 5.32 Å². The molecule has 0 bridgehead atoms. The van der Waals surface area contributed by atoms with Crippen LogP contribution in [0.25, 0.3) is 0 Å². The number of nitrogens with one attached hydrogen (secondary N) is 1. The molecule has 3 aliphatic rings. The topological polar surface area (TPSA) is 50.8 Å². The number of urea groups is 1. The fraction of sp³-hybridized carbons (Fsp3) is 0.632. The van der Waals surface area contributed by atoms with Gasteiger partial charge in [0.25, 0.3) is 0 Å². The van der Waals surface area contributed by atoms with Crippen molar-refractivity contribution in [2.75, 3.05) is 19.8 Å². The molecule has 1 saturated heterocycles. The number of carbonyl (C=O) groups excluding carboxylic acids is 1. The van der Waals surface area contributed by atoms with E-state index >= 15 is 0 Å². The molecule has 2 aliphatic heterocycles. The van der Waals surface area contributed by atoms with Crippen molar-refractivity contribution in [2.24, 2.45) is 0 Å². The van der Waals surface area contributed by atoms with Gasteiger partial charge in [0.15, 0.2) is 11.5 Å². The number of ether oxygens (including phenoxy) is 2. The summed E-state index contributed by atoms with van der Waals surface area (Å²) in [5, 5.41) is 2.93. The summed E-state index contributed by atoms with van der Waals surface area (Å²) in [6, 6.07) is 5.41. The van der Waals surface area contributed by atoms with Gasteiger partial charge in [-0.2, -0.15) is 0 Å². The number of halogens is 1. The molecule has 3 atom stereocenters. The third-order valence-electron chi connectivity index (χ3n) is 5.46. The van der Waals surface area contributed by atoms with Crippen molar-refractivity contribution in [3.8, 4) is 11.5 Å². The summed E-state index contributed by atoms with van der Waals surface area (Å²) < 4.78 is 25.3. The highest BCUT2D eigenvalue weighted by Gasteiger charge is 2.34. The third-order valence-corrected chi connectivity index (χ3v) is 5.46. The molecule has 0 spiro atoms. The van der Waals surface area contributed by atoms with Gasteiger partial charge in [0.2, 0.25) is 0 Å². The maximum absolute atomic E-state index is 14.0. The van der Waals surface area contributed by atoms with Gasteiger partial charge in [-0.1, -0.05) is 18.9 Å². The van der Waals surface area contributed by atoms with E-state index in [4.69, 9.17) is 9.47 Å². The van der Waals surface area contributed by atoms with Crippen LogP contribution in [0.3, 0.4) is 0 Å². The molecule has 0 radical (unpaired) electrons. The van der Waals surface area contributed by atoms with Crippen molar-refractivity contribution in [1.82, 2.24) is 10.2 Å². The van der Waals surface area contributed by atoms with Gasteiger partial charge in [0.05, 0.1) is 12.1 Å². The predicted molar refractivity (Wildman–Crippen MR) is 91.8 cm³/mol. The minimum atomic E-state index is -0.923. The summed E-state index contributed by atoms with van der Waals surface area (Å²) in [7, 11) is 0. The van der Waals surface area contributed by atoms with E-state index in [1.807, 2.05) is 23.1 Å². The first-order valence-corrected chi connectivity index (χ1v) is 9.33. The molecule has 1 unspecified atom stereocenters. The van der Waals surface area contributed by atoms with Crippen molar-refractivity contribution in [2.45, 2.75) is 56.8 Å². The molecule has 25 heavy (non-hydrogen) atoms. The minimum Gasteiger partial charge on any atom is -0.486 e. The SMILES string of the molecule is O=C(N[C@@H]1CCCC[C@H]1F)N1CCCC1c1ccc2c(c1)OCCO2. The number of fused-ring (bicyclic) bond motifs is 1. The molecule has 1 saturated carbocycles. The van der Waals surface area contributed by atoms with Gasteiger partial charge in [-0.25, -0.2) is 9.18 Å². The van der Waals surface area contributed by atoms with Gasteiger partial charge >= 0.3 is 6.03 Å². The quantitative estimate of drug-likeness (QED) is 0.889. The molecular weight excluding hydrogens is 323 g/mol. The van der Waals surface area contributed by atoms with Gasteiger partial charge in [-0.15, -0.1) is 0 Å². The minimum absolute atomic E-state index is 0.0116. The number of nitrogens with zero attached hydrogens (tertiary/aromatic N) is 1. The zero-order chi connectivity index (χ0) is 17.2. The number of likely N-dealkylation sites (tertiary alicyclic amines) is 1. The maximum Gasteiger partial charge on any atom is 0.318 e. The first-order chi connectivity index (χ1) is 12.2. The second-order valence-electron chi connectivity index (χ2n) is 7.11. The fourth-order valence-corrected chi connectivity index (χ4v) is 4.11. The summed E-state index contributed by atoms with van der Waals surface area (Å²) in [5.74, 6) is 1.50. The van der Waals surface area contributed by atoms with Crippen molar-refractivity contribution in [3.63, 3.8) is 0 Å². The van der Waals surface area contributed by atoms with Gasteiger partial charge < -0.3 is 19.7 Å². The summed E-state index contributed by atoms with van der Waals surface area (Å²) >= 11 is 0. The standard InChI is InChI=1S/C19H25FN2O3/c20-14-4-1-2-5-15(14)21-19(23)22-9-3-6-16(22)13-7-8-17-18(12-13)25-11-10-24-17/h7-8,12,14-16H,1-6,9-11H2,(H,21,23)/t14-,15-,16?/m1/s1. The van der Waals surface area contributed by atoms with E-state index < -0.39 is 6.17 Å². The van der Waals surface area contributed by atoms with E-state index in [-0.39, 0.29) is 18.1 Å². The Morgan fingerprint density at radius 2 is 1.88 bits per heavy atom. The lowest BCUT2D eigenvalue weighted by Crippen LogP contribution is -2.49. The molecule has 136 valence electrons. The molecule has 1 aliphatic carbocycles. The van der Waals surface area contributed by atoms with Crippen LogP contribution >= 0.6 is 0 Å². The Balaban J connectivity index is 1.47. The van der Waals surface area contributed by atoms with Crippen LogP contribution in [0.15, 0.2) is 18.2 Å². The number of rotatable bonds is 2. The van der Waals surface area contributed by atoms with Crippen LogP contribution in [0.4, 0.5) is 9.18 Å². The van der Waals surface area contributed by atoms with Crippen LogP contribution in [-0.4, -0.2) is 42.9 Å². The number of alkyl halides is 1. The Labute approximate surface area is 147 Å². The zero-order valence-corrected chi connectivity index (χ0v) is 14.4. The highest BCUT2D eigenvalue weighted by molar-refractivity contribution is 5.75. The van der Waals surface area contributed by atoms with Crippen LogP contribution in [0, 0.1) is 0 Å². The Morgan fingerprint density at radius 1 is 1.08 bits per heavy atom. The second-order valence-corrected chi connectivity index (χ2v) is 7.11. The monoisotopic (exact) mass is 348 g/mol. The molecule has 1 N–H and O–H groups in total. The van der Waals surface area contributed by atoms with Gasteiger partial charge in [0, 0.05) is 6.54 Å². The Bertz CT molecular complexity index is 639. The molecule has 2 fully saturated rings. The third kappa shape index (κ3) is 3.39. The number of hydrogen-bond acceptors (Lipinski definition) is 3. The summed E-state index contributed by atoms with van der Waals surface area (Å²) in [6.45, 7) is 1.82. The summed E-state index contributed by atoms with van der Waals surface area (Å²) in [5.41, 5.74) is 1.05. The van der Waals surface area contributed by atoms with Crippen LogP contribution in [0.2, 0.25) is 0 Å². The average molecular weight is 348 g/mol. The number of benzene rings is 1. The highest BCUT2D eigenvalue weighted by Crippen LogP contribution is 2.38. The van der Waals surface area contributed by atoms with E-state index in [0.29, 0.717) is 26.2 Å². The maximum atomic E-state index is 14.0. The smallest absolute Gasteiger partial charge is 0.318 e. The van der Waals surface area contributed by atoms with Gasteiger partial charge in [-0.05, 0) is 43.4 Å². The van der Waals surface area contributed by atoms with Crippen molar-refractivity contribution < 1.29 is 18.7 Å². The lowest BCUT2D eigenvalue weighted by molar-refractivity contribution is 0.157. The number of hydrogen-bond donors (Lipinski definition) is 1. The van der Waals surface area contributed by atoms with Crippen LogP contribution in [0.5, 0.6) is 11.5 Å². The molecule has 2 heterocycles. The molecule has 4 rings (SSSR count). The molecule has 1 aromatic carbocycles. The normalized spacial score (nSPS) is 28.7. The molecule has 6 heteroatoms. The Hall–Kier alpha value is -1.98. The molecule has 5 nitrogen and oxygen atoms in total. The van der Waals surface area contributed by atoms with Gasteiger partial charge in [-0.3, -0.25) is 0 Å². The molecular formula is C19H25FN2O3. The highest BCUT2D eigenvalue weighted by atomic mass is 19.1.